The number of carbonyl (C=O) groups excluding carboxylic acids is 3. The SMILES string of the molecule is Cc1ncsc1-c1ccc([C@H](C)NC(=O)[C@@H]2C[C@@H](O)CN2C(=O)[C@@H](NC(=O)COc2cccc(Nc3ccc(C4=N[C@@H](C(C)C(=O)O)c5nnc(C)n5-c5sc(C)c(C)c54)cc3)c2)C(C)(C)C)cc1. The summed E-state index contributed by atoms with van der Waals surface area (Å²) in [5.41, 5.74) is 8.86. The van der Waals surface area contributed by atoms with Crippen molar-refractivity contribution in [3.05, 3.63) is 123 Å². The minimum absolute atomic E-state index is 0.0454. The Morgan fingerprint density at radius 2 is 1.62 bits per heavy atom. The Bertz CT molecular complexity index is 2930. The second-order valence-electron chi connectivity index (χ2n) is 18.9. The molecule has 0 aliphatic carbocycles. The highest BCUT2D eigenvalue weighted by Gasteiger charge is 2.45. The number of aryl methyl sites for hydroxylation is 3. The summed E-state index contributed by atoms with van der Waals surface area (Å²) >= 11 is 3.17. The number of amides is 3. The van der Waals surface area contributed by atoms with Gasteiger partial charge in [-0.1, -0.05) is 63.2 Å². The van der Waals surface area contributed by atoms with Gasteiger partial charge in [-0.3, -0.25) is 28.7 Å². The quantitative estimate of drug-likeness (QED) is 0.0711. The van der Waals surface area contributed by atoms with Crippen molar-refractivity contribution in [2.75, 3.05) is 18.5 Å². The number of benzene rings is 3. The Kier molecular flexibility index (Phi) is 13.9. The molecule has 2 aliphatic rings. The van der Waals surface area contributed by atoms with Crippen molar-refractivity contribution in [3.63, 3.8) is 0 Å². The average molecular weight is 972 g/mol. The molecule has 1 fully saturated rings. The Hall–Kier alpha value is -6.76. The van der Waals surface area contributed by atoms with Crippen LogP contribution in [0.4, 0.5) is 11.4 Å². The zero-order valence-corrected chi connectivity index (χ0v) is 41.7. The van der Waals surface area contributed by atoms with E-state index in [1.165, 1.54) is 4.90 Å². The first-order chi connectivity index (χ1) is 32.8. The molecule has 5 N–H and O–H groups in total. The molecule has 69 heavy (non-hydrogen) atoms. The normalized spacial score (nSPS) is 18.0. The number of ether oxygens (including phenoxy) is 1. The van der Waals surface area contributed by atoms with Crippen LogP contribution in [0.2, 0.25) is 0 Å². The van der Waals surface area contributed by atoms with Gasteiger partial charge in [-0.05, 0) is 87.9 Å². The minimum atomic E-state index is -1.02. The van der Waals surface area contributed by atoms with E-state index in [1.807, 2.05) is 113 Å². The molecule has 3 aromatic carbocycles. The van der Waals surface area contributed by atoms with Crippen LogP contribution in [0.25, 0.3) is 15.4 Å². The number of nitrogens with zero attached hydrogens (tertiary/aromatic N) is 6. The van der Waals surface area contributed by atoms with Gasteiger partial charge in [0.1, 0.15) is 34.7 Å². The number of aromatic nitrogens is 4. The zero-order valence-electron chi connectivity index (χ0n) is 40.0. The maximum atomic E-state index is 14.3. The summed E-state index contributed by atoms with van der Waals surface area (Å²) < 4.78 is 7.88. The van der Waals surface area contributed by atoms with E-state index in [4.69, 9.17) is 9.73 Å². The van der Waals surface area contributed by atoms with Crippen LogP contribution in [0.15, 0.2) is 83.3 Å². The third-order valence-corrected chi connectivity index (χ3v) is 14.9. The fourth-order valence-electron chi connectivity index (χ4n) is 8.73. The van der Waals surface area contributed by atoms with Crippen molar-refractivity contribution in [2.24, 2.45) is 16.3 Å². The molecule has 1 unspecified atom stereocenters. The van der Waals surface area contributed by atoms with Gasteiger partial charge in [0, 0.05) is 46.4 Å². The average Bonchev–Trinajstić information content (AvgIpc) is 4.08. The van der Waals surface area contributed by atoms with E-state index in [1.54, 1.807) is 47.8 Å². The number of aliphatic hydroxyl groups is 1. The monoisotopic (exact) mass is 971 g/mol. The number of aliphatic imine (C=N–C) groups is 1. The predicted molar refractivity (Wildman–Crippen MR) is 267 cm³/mol. The van der Waals surface area contributed by atoms with Crippen LogP contribution in [0.5, 0.6) is 5.75 Å². The van der Waals surface area contributed by atoms with Crippen molar-refractivity contribution in [3.8, 4) is 21.2 Å². The van der Waals surface area contributed by atoms with Crippen LogP contribution < -0.4 is 20.7 Å². The van der Waals surface area contributed by atoms with Crippen LogP contribution in [-0.4, -0.2) is 95.6 Å². The van der Waals surface area contributed by atoms with Crippen LogP contribution >= 0.6 is 22.7 Å². The number of β-amino-alcohol motifs (C(OH)–C–C–N with tert-alkyl or cyclic N) is 1. The highest BCUT2D eigenvalue weighted by molar-refractivity contribution is 7.15. The van der Waals surface area contributed by atoms with Crippen LogP contribution in [0.3, 0.4) is 0 Å². The summed E-state index contributed by atoms with van der Waals surface area (Å²) in [4.78, 5) is 66.8. The first-order valence-corrected chi connectivity index (χ1v) is 24.5. The molecular formula is C51H57N9O7S2. The van der Waals surface area contributed by atoms with Crippen molar-refractivity contribution in [1.82, 2.24) is 35.3 Å². The van der Waals surface area contributed by atoms with Gasteiger partial charge in [0.05, 0.1) is 39.9 Å². The predicted octanol–water partition coefficient (Wildman–Crippen LogP) is 7.79. The summed E-state index contributed by atoms with van der Waals surface area (Å²) in [6.07, 6.45) is -0.837. The number of hydrogen-bond acceptors (Lipinski definition) is 13. The van der Waals surface area contributed by atoms with Crippen molar-refractivity contribution >= 4 is 63.5 Å². The fraction of sp³-hybridized carbons (Fsp3) is 0.373. The molecule has 3 amide bonds. The molecule has 360 valence electrons. The lowest BCUT2D eigenvalue weighted by molar-refractivity contribution is -0.144. The number of likely N-dealkylation sites (tertiary alicyclic amines) is 1. The number of aliphatic carboxylic acids is 1. The van der Waals surface area contributed by atoms with Gasteiger partial charge in [0.15, 0.2) is 12.4 Å². The number of nitrogens with one attached hydrogen (secondary N) is 3. The second-order valence-corrected chi connectivity index (χ2v) is 20.9. The minimum Gasteiger partial charge on any atom is -0.484 e. The van der Waals surface area contributed by atoms with Crippen LogP contribution in [-0.2, 0) is 19.2 Å². The lowest BCUT2D eigenvalue weighted by atomic mass is 9.85. The Morgan fingerprint density at radius 1 is 0.913 bits per heavy atom. The summed E-state index contributed by atoms with van der Waals surface area (Å²) in [6, 6.07) is 19.7. The summed E-state index contributed by atoms with van der Waals surface area (Å²) in [7, 11) is 0. The molecule has 0 spiro atoms. The van der Waals surface area contributed by atoms with Gasteiger partial charge in [-0.25, -0.2) is 4.98 Å². The number of anilines is 2. The molecule has 1 saturated heterocycles. The van der Waals surface area contributed by atoms with Crippen molar-refractivity contribution in [2.45, 2.75) is 99.0 Å². The highest BCUT2D eigenvalue weighted by atomic mass is 32.1. The number of carboxylic acids is 1. The Morgan fingerprint density at radius 3 is 2.29 bits per heavy atom. The summed E-state index contributed by atoms with van der Waals surface area (Å²) in [5, 5.41) is 39.7. The topological polar surface area (TPSA) is 213 Å². The van der Waals surface area contributed by atoms with Gasteiger partial charge in [-0.15, -0.1) is 32.9 Å². The van der Waals surface area contributed by atoms with Gasteiger partial charge in [0.2, 0.25) is 11.8 Å². The fourth-order valence-corrected chi connectivity index (χ4v) is 10.8. The Balaban J connectivity index is 0.907. The van der Waals surface area contributed by atoms with Gasteiger partial charge in [0.25, 0.3) is 5.91 Å². The van der Waals surface area contributed by atoms with Gasteiger partial charge >= 0.3 is 5.97 Å². The van der Waals surface area contributed by atoms with Gasteiger partial charge < -0.3 is 35.8 Å². The zero-order chi connectivity index (χ0) is 49.5. The number of rotatable bonds is 14. The van der Waals surface area contributed by atoms with Gasteiger partial charge in [-0.2, -0.15) is 0 Å². The first kappa shape index (κ1) is 48.7. The molecule has 8 rings (SSSR count). The van der Waals surface area contributed by atoms with Crippen molar-refractivity contribution < 1.29 is 34.1 Å². The molecule has 0 radical (unpaired) electrons. The molecule has 6 aromatic rings. The molecule has 5 heterocycles. The number of thiophene rings is 1. The van der Waals surface area contributed by atoms with E-state index in [0.717, 1.165) is 54.0 Å². The molecule has 18 heteroatoms. The van der Waals surface area contributed by atoms with E-state index in [-0.39, 0.29) is 31.5 Å². The second kappa shape index (κ2) is 19.7. The summed E-state index contributed by atoms with van der Waals surface area (Å²) in [5.74, 6) is -1.66. The third-order valence-electron chi connectivity index (χ3n) is 12.8. The smallest absolute Gasteiger partial charge is 0.308 e. The number of carboxylic acid groups (broad SMARTS) is 1. The number of fused-ring (bicyclic) bond motifs is 3. The first-order valence-electron chi connectivity index (χ1n) is 22.8. The lowest BCUT2D eigenvalue weighted by Gasteiger charge is -2.35. The number of thiazole rings is 1. The van der Waals surface area contributed by atoms with E-state index < -0.39 is 53.3 Å². The molecular weight excluding hydrogens is 915 g/mol. The molecule has 16 nitrogen and oxygen atoms in total. The van der Waals surface area contributed by atoms with Crippen LogP contribution in [0.1, 0.15) is 97.6 Å². The molecule has 2 aliphatic heterocycles. The molecule has 6 atom stereocenters. The third kappa shape index (κ3) is 10.2. The van der Waals surface area contributed by atoms with E-state index >= 15 is 0 Å². The number of aliphatic hydroxyl groups excluding tert-OH is 1. The highest BCUT2D eigenvalue weighted by Crippen LogP contribution is 2.41. The summed E-state index contributed by atoms with van der Waals surface area (Å²) in [6.45, 7) is 16.5. The van der Waals surface area contributed by atoms with Crippen LogP contribution in [0, 0.1) is 39.0 Å². The maximum Gasteiger partial charge on any atom is 0.308 e. The lowest BCUT2D eigenvalue weighted by Crippen LogP contribution is -2.58. The standard InChI is InChI=1S/C51H57N9O7S2/c1-26-30(5)69-49-41(26)43(56-42(27(2)50(65)66)46-58-57-31(6)60(46)49)33-17-19-35(20-18-33)54-36-11-10-12-38(21-36)67-24-40(62)55-45(51(7,8)9)48(64)59-23-37(61)22-39(59)47(63)53-28(3)32-13-15-34(16-14-32)44-29(4)52-25-68-44/h10-21,25,27-28,37,39,42,45,54,61H,22-24H2,1-9H3,(H,53,63)(H,55,62)(H,65,66)/t27?,28-,37+,39-,42-,45+/m0/s1. The molecule has 0 saturated carbocycles. The Labute approximate surface area is 408 Å². The van der Waals surface area contributed by atoms with E-state index in [9.17, 15) is 29.4 Å². The van der Waals surface area contributed by atoms with E-state index in [0.29, 0.717) is 28.8 Å². The molecule has 3 aromatic heterocycles. The largest absolute Gasteiger partial charge is 0.484 e. The maximum absolute atomic E-state index is 14.3. The van der Waals surface area contributed by atoms with Crippen molar-refractivity contribution in [1.29, 1.82) is 0 Å². The number of carbonyl (C=O) groups is 4. The number of hydrogen-bond donors (Lipinski definition) is 5. The van der Waals surface area contributed by atoms with E-state index in [2.05, 4.69) is 38.1 Å². The molecule has 0 bridgehead atoms.